The number of aromatic nitrogens is 1. The molecule has 0 radical (unpaired) electrons. The van der Waals surface area contributed by atoms with Crippen LogP contribution < -0.4 is 10.6 Å². The quantitative estimate of drug-likeness (QED) is 0.287. The number of hydrogen-bond acceptors (Lipinski definition) is 5. The summed E-state index contributed by atoms with van der Waals surface area (Å²) in [5.74, 6) is 2.70. The van der Waals surface area contributed by atoms with Crippen molar-refractivity contribution in [2.75, 3.05) is 24.6 Å². The van der Waals surface area contributed by atoms with Crippen LogP contribution in [0.4, 0.5) is 0 Å². The van der Waals surface area contributed by atoms with E-state index in [4.69, 9.17) is 4.99 Å². The third-order valence-electron chi connectivity index (χ3n) is 4.18. The van der Waals surface area contributed by atoms with E-state index in [2.05, 4.69) is 22.5 Å². The van der Waals surface area contributed by atoms with Crippen molar-refractivity contribution >= 4 is 39.9 Å². The van der Waals surface area contributed by atoms with Gasteiger partial charge in [0.1, 0.15) is 4.34 Å². The van der Waals surface area contributed by atoms with E-state index in [0.717, 1.165) is 67.0 Å². The van der Waals surface area contributed by atoms with E-state index in [9.17, 15) is 4.21 Å². The molecule has 3 unspecified atom stereocenters. The molecule has 2 N–H and O–H groups in total. The fraction of sp³-hybridized carbons (Fsp3) is 0.765. The lowest BCUT2D eigenvalue weighted by atomic mass is 9.95. The molecule has 1 aliphatic carbocycles. The zero-order chi connectivity index (χ0) is 17.9. The van der Waals surface area contributed by atoms with E-state index in [-0.39, 0.29) is 0 Å². The Morgan fingerprint density at radius 1 is 1.48 bits per heavy atom. The van der Waals surface area contributed by atoms with Crippen molar-refractivity contribution in [3.05, 3.63) is 11.6 Å². The van der Waals surface area contributed by atoms with E-state index in [1.807, 2.05) is 18.5 Å². The Hall–Kier alpha value is -0.600. The zero-order valence-electron chi connectivity index (χ0n) is 15.2. The smallest absolute Gasteiger partial charge is 0.191 e. The van der Waals surface area contributed by atoms with Gasteiger partial charge in [-0.1, -0.05) is 25.1 Å². The number of hydrogen-bond donors (Lipinski definition) is 2. The molecule has 2 rings (SSSR count). The molecule has 0 aromatic carbocycles. The highest BCUT2D eigenvalue weighted by molar-refractivity contribution is 8.00. The maximum atomic E-state index is 12.1. The van der Waals surface area contributed by atoms with Gasteiger partial charge < -0.3 is 10.6 Å². The summed E-state index contributed by atoms with van der Waals surface area (Å²) in [6, 6.07) is 0.386. The number of rotatable bonds is 9. The second-order valence-corrected chi connectivity index (χ2v) is 10.3. The van der Waals surface area contributed by atoms with Gasteiger partial charge in [0.05, 0.1) is 0 Å². The standard InChI is InChI=1S/C17H30N4OS3/c1-3-18-16(19-9-6-11-23-17-20-10-12-24-17)21-14-7-5-8-15(13-14)25(22)4-2/h10,12,14-15H,3-9,11,13H2,1-2H3,(H2,18,19,21). The highest BCUT2D eigenvalue weighted by atomic mass is 32.2. The molecular weight excluding hydrogens is 372 g/mol. The van der Waals surface area contributed by atoms with Crippen LogP contribution in [0.3, 0.4) is 0 Å². The van der Waals surface area contributed by atoms with Crippen LogP contribution in [0.25, 0.3) is 0 Å². The van der Waals surface area contributed by atoms with Crippen LogP contribution in [0.15, 0.2) is 20.9 Å². The second kappa shape index (κ2) is 11.9. The van der Waals surface area contributed by atoms with Crippen LogP contribution in [0.1, 0.15) is 46.0 Å². The molecule has 8 heteroatoms. The van der Waals surface area contributed by atoms with Crippen LogP contribution in [0, 0.1) is 0 Å². The summed E-state index contributed by atoms with van der Waals surface area (Å²) < 4.78 is 13.2. The Morgan fingerprint density at radius 2 is 2.36 bits per heavy atom. The SMILES string of the molecule is CCNC(=NCCCSc1nccs1)NC1CCCC(S(=O)CC)C1. The Morgan fingerprint density at radius 3 is 3.08 bits per heavy atom. The van der Waals surface area contributed by atoms with E-state index in [1.165, 1.54) is 0 Å². The molecule has 0 saturated heterocycles. The van der Waals surface area contributed by atoms with E-state index < -0.39 is 10.8 Å². The summed E-state index contributed by atoms with van der Waals surface area (Å²) in [4.78, 5) is 8.98. The van der Waals surface area contributed by atoms with Gasteiger partial charge in [-0.2, -0.15) is 0 Å². The molecule has 1 heterocycles. The van der Waals surface area contributed by atoms with E-state index >= 15 is 0 Å². The number of aliphatic imine (C=N–C) groups is 1. The Kier molecular flexibility index (Phi) is 9.86. The summed E-state index contributed by atoms with van der Waals surface area (Å²) in [5.41, 5.74) is 0. The van der Waals surface area contributed by atoms with Gasteiger partial charge >= 0.3 is 0 Å². The van der Waals surface area contributed by atoms with Gasteiger partial charge in [0.15, 0.2) is 5.96 Å². The molecule has 0 aliphatic heterocycles. The average Bonchev–Trinajstić information content (AvgIpc) is 3.14. The lowest BCUT2D eigenvalue weighted by Gasteiger charge is -2.30. The highest BCUT2D eigenvalue weighted by Gasteiger charge is 2.25. The minimum atomic E-state index is -0.684. The summed E-state index contributed by atoms with van der Waals surface area (Å²) in [6.07, 6.45) is 7.26. The van der Waals surface area contributed by atoms with Gasteiger partial charge in [0.2, 0.25) is 0 Å². The topological polar surface area (TPSA) is 66.4 Å². The molecule has 1 aromatic rings. The first kappa shape index (κ1) is 20.7. The molecule has 1 fully saturated rings. The van der Waals surface area contributed by atoms with Crippen molar-refractivity contribution in [2.45, 2.75) is 61.6 Å². The first-order chi connectivity index (χ1) is 12.2. The summed E-state index contributed by atoms with van der Waals surface area (Å²) in [7, 11) is -0.684. The van der Waals surface area contributed by atoms with Crippen LogP contribution in [0.2, 0.25) is 0 Å². The Labute approximate surface area is 162 Å². The monoisotopic (exact) mass is 402 g/mol. The molecule has 1 saturated carbocycles. The molecule has 0 bridgehead atoms. The lowest BCUT2D eigenvalue weighted by Crippen LogP contribution is -2.46. The van der Waals surface area contributed by atoms with Gasteiger partial charge in [0, 0.05) is 58.3 Å². The van der Waals surface area contributed by atoms with Crippen molar-refractivity contribution in [1.82, 2.24) is 15.6 Å². The first-order valence-corrected chi connectivity index (χ1v) is 12.4. The number of nitrogens with one attached hydrogen (secondary N) is 2. The predicted octanol–water partition coefficient (Wildman–Crippen LogP) is 3.26. The number of thioether (sulfide) groups is 1. The molecule has 0 spiro atoms. The van der Waals surface area contributed by atoms with Crippen LogP contribution in [-0.4, -0.2) is 51.0 Å². The molecule has 1 aromatic heterocycles. The van der Waals surface area contributed by atoms with Gasteiger partial charge in [-0.05, 0) is 32.6 Å². The highest BCUT2D eigenvalue weighted by Crippen LogP contribution is 2.23. The number of thiazole rings is 1. The maximum absolute atomic E-state index is 12.1. The Balaban J connectivity index is 1.75. The summed E-state index contributed by atoms with van der Waals surface area (Å²) in [6.45, 7) is 5.77. The zero-order valence-corrected chi connectivity index (χ0v) is 17.7. The van der Waals surface area contributed by atoms with Crippen molar-refractivity contribution in [2.24, 2.45) is 4.99 Å². The fourth-order valence-electron chi connectivity index (χ4n) is 2.96. The van der Waals surface area contributed by atoms with Gasteiger partial charge in [0.25, 0.3) is 0 Å². The molecule has 1 aliphatic rings. The van der Waals surface area contributed by atoms with E-state index in [1.54, 1.807) is 23.1 Å². The lowest BCUT2D eigenvalue weighted by molar-refractivity contribution is 0.413. The molecule has 3 atom stereocenters. The van der Waals surface area contributed by atoms with Crippen molar-refractivity contribution < 1.29 is 4.21 Å². The van der Waals surface area contributed by atoms with Gasteiger partial charge in [-0.15, -0.1) is 11.3 Å². The average molecular weight is 403 g/mol. The van der Waals surface area contributed by atoms with E-state index in [0.29, 0.717) is 11.3 Å². The van der Waals surface area contributed by atoms with Crippen LogP contribution in [0.5, 0.6) is 0 Å². The molecule has 25 heavy (non-hydrogen) atoms. The molecule has 5 nitrogen and oxygen atoms in total. The van der Waals surface area contributed by atoms with Gasteiger partial charge in [-0.25, -0.2) is 4.98 Å². The number of nitrogens with zero attached hydrogens (tertiary/aromatic N) is 2. The summed E-state index contributed by atoms with van der Waals surface area (Å²) >= 11 is 3.49. The molecule has 142 valence electrons. The fourth-order valence-corrected chi connectivity index (χ4v) is 5.94. The first-order valence-electron chi connectivity index (χ1n) is 9.17. The largest absolute Gasteiger partial charge is 0.357 e. The van der Waals surface area contributed by atoms with Crippen molar-refractivity contribution in [3.63, 3.8) is 0 Å². The third-order valence-corrected chi connectivity index (χ3v) is 7.97. The minimum Gasteiger partial charge on any atom is -0.357 e. The third kappa shape index (κ3) is 7.66. The van der Waals surface area contributed by atoms with Gasteiger partial charge in [-0.3, -0.25) is 9.20 Å². The summed E-state index contributed by atoms with van der Waals surface area (Å²) in [5, 5.41) is 9.25. The second-order valence-electron chi connectivity index (χ2n) is 6.06. The predicted molar refractivity (Wildman–Crippen MR) is 111 cm³/mol. The van der Waals surface area contributed by atoms with Crippen molar-refractivity contribution in [1.29, 1.82) is 0 Å². The molecule has 0 amide bonds. The number of guanidine groups is 1. The van der Waals surface area contributed by atoms with Crippen LogP contribution >= 0.6 is 23.1 Å². The molecular formula is C17H30N4OS3. The Bertz CT molecular complexity index is 536. The van der Waals surface area contributed by atoms with Crippen molar-refractivity contribution in [3.8, 4) is 0 Å². The maximum Gasteiger partial charge on any atom is 0.191 e. The normalized spacial score (nSPS) is 22.6. The van der Waals surface area contributed by atoms with Crippen LogP contribution in [-0.2, 0) is 10.8 Å². The minimum absolute atomic E-state index is 0.342.